The first kappa shape index (κ1) is 27.4. The van der Waals surface area contributed by atoms with Gasteiger partial charge in [0.15, 0.2) is 11.6 Å². The highest BCUT2D eigenvalue weighted by molar-refractivity contribution is 5.91. The molecule has 0 saturated heterocycles. The van der Waals surface area contributed by atoms with Gasteiger partial charge in [-0.2, -0.15) is 0 Å². The third-order valence-electron chi connectivity index (χ3n) is 6.55. The van der Waals surface area contributed by atoms with E-state index in [2.05, 4.69) is 20.8 Å². The fourth-order valence-corrected chi connectivity index (χ4v) is 4.07. The van der Waals surface area contributed by atoms with Crippen LogP contribution in [0.15, 0.2) is 66.7 Å². The Kier molecular flexibility index (Phi) is 11.0. The molecule has 0 fully saturated rings. The molecule has 192 valence electrons. The minimum Gasteiger partial charge on any atom is -0.494 e. The first-order chi connectivity index (χ1) is 17.5. The summed E-state index contributed by atoms with van der Waals surface area (Å²) in [5, 5.41) is 0. The molecule has 0 amide bonds. The van der Waals surface area contributed by atoms with Crippen LogP contribution in [-0.4, -0.2) is 12.6 Å². The molecule has 0 saturated carbocycles. The zero-order valence-electron chi connectivity index (χ0n) is 21.9. The summed E-state index contributed by atoms with van der Waals surface area (Å²) in [5.41, 5.74) is 3.30. The number of hydrogen-bond donors (Lipinski definition) is 0. The van der Waals surface area contributed by atoms with Gasteiger partial charge in [-0.3, -0.25) is 0 Å². The Balaban J connectivity index is 1.51. The highest BCUT2D eigenvalue weighted by atomic mass is 19.1. The van der Waals surface area contributed by atoms with Crippen LogP contribution in [0, 0.1) is 11.7 Å². The van der Waals surface area contributed by atoms with E-state index in [4.69, 9.17) is 9.47 Å². The first-order valence-electron chi connectivity index (χ1n) is 13.3. The summed E-state index contributed by atoms with van der Waals surface area (Å²) in [7, 11) is 0. The van der Waals surface area contributed by atoms with Gasteiger partial charge >= 0.3 is 5.97 Å². The average Bonchev–Trinajstić information content (AvgIpc) is 2.90. The first-order valence-corrected chi connectivity index (χ1v) is 13.3. The maximum absolute atomic E-state index is 14.5. The number of carbonyl (C=O) groups is 1. The van der Waals surface area contributed by atoms with Crippen molar-refractivity contribution in [1.29, 1.82) is 0 Å². The van der Waals surface area contributed by atoms with Gasteiger partial charge in [0, 0.05) is 0 Å². The van der Waals surface area contributed by atoms with Gasteiger partial charge in [-0.15, -0.1) is 0 Å². The van der Waals surface area contributed by atoms with Crippen molar-refractivity contribution in [1.82, 2.24) is 0 Å². The van der Waals surface area contributed by atoms with Crippen molar-refractivity contribution >= 4 is 5.97 Å². The third-order valence-corrected chi connectivity index (χ3v) is 6.55. The van der Waals surface area contributed by atoms with Crippen LogP contribution in [-0.2, 0) is 6.42 Å². The zero-order valence-corrected chi connectivity index (χ0v) is 21.9. The number of unbranched alkanes of at least 4 members (excludes halogenated alkanes) is 5. The second-order valence-corrected chi connectivity index (χ2v) is 9.59. The van der Waals surface area contributed by atoms with Crippen molar-refractivity contribution in [2.75, 3.05) is 6.61 Å². The van der Waals surface area contributed by atoms with Gasteiger partial charge in [0.1, 0.15) is 5.75 Å². The second kappa shape index (κ2) is 14.4. The summed E-state index contributed by atoms with van der Waals surface area (Å²) in [6.07, 6.45) is 9.29. The summed E-state index contributed by atoms with van der Waals surface area (Å²) in [6, 6.07) is 19.9. The summed E-state index contributed by atoms with van der Waals surface area (Å²) >= 11 is 0. The van der Waals surface area contributed by atoms with E-state index < -0.39 is 11.8 Å². The summed E-state index contributed by atoms with van der Waals surface area (Å²) in [4.78, 5) is 12.6. The molecule has 0 aliphatic heterocycles. The van der Waals surface area contributed by atoms with Crippen LogP contribution < -0.4 is 9.47 Å². The van der Waals surface area contributed by atoms with Crippen LogP contribution in [0.1, 0.15) is 81.6 Å². The van der Waals surface area contributed by atoms with E-state index in [9.17, 15) is 9.18 Å². The number of carbonyl (C=O) groups excluding carboxylic acids is 1. The Morgan fingerprint density at radius 3 is 2.11 bits per heavy atom. The van der Waals surface area contributed by atoms with Crippen LogP contribution in [0.2, 0.25) is 0 Å². The van der Waals surface area contributed by atoms with E-state index in [1.807, 2.05) is 42.5 Å². The number of hydrogen-bond acceptors (Lipinski definition) is 3. The SMILES string of the molecule is CCCCCCCCOc1ccc(-c2ccc(C(=O)Oc3ccc(CC(C)CC)cc3F)cc2)cc1. The van der Waals surface area contributed by atoms with E-state index in [-0.39, 0.29) is 5.75 Å². The molecule has 3 aromatic rings. The Morgan fingerprint density at radius 1 is 0.833 bits per heavy atom. The monoisotopic (exact) mass is 490 g/mol. The number of benzene rings is 3. The largest absolute Gasteiger partial charge is 0.494 e. The molecule has 0 aromatic heterocycles. The number of ether oxygens (including phenoxy) is 2. The molecule has 1 atom stereocenters. The van der Waals surface area contributed by atoms with Crippen molar-refractivity contribution in [3.05, 3.63) is 83.7 Å². The van der Waals surface area contributed by atoms with Crippen LogP contribution in [0.4, 0.5) is 4.39 Å². The molecule has 0 bridgehead atoms. The lowest BCUT2D eigenvalue weighted by molar-refractivity contribution is 0.0728. The van der Waals surface area contributed by atoms with Gasteiger partial charge in [-0.1, -0.05) is 89.6 Å². The molecule has 3 aromatic carbocycles. The Morgan fingerprint density at radius 2 is 1.47 bits per heavy atom. The van der Waals surface area contributed by atoms with Gasteiger partial charge < -0.3 is 9.47 Å². The molecular weight excluding hydrogens is 451 g/mol. The van der Waals surface area contributed by atoms with Crippen LogP contribution in [0.5, 0.6) is 11.5 Å². The number of rotatable bonds is 14. The predicted octanol–water partition coefficient (Wildman–Crippen LogP) is 9.04. The third kappa shape index (κ3) is 8.51. The molecule has 0 aliphatic rings. The van der Waals surface area contributed by atoms with Gasteiger partial charge in [0.25, 0.3) is 0 Å². The highest BCUT2D eigenvalue weighted by Crippen LogP contribution is 2.25. The van der Waals surface area contributed by atoms with Crippen molar-refractivity contribution in [2.24, 2.45) is 5.92 Å². The quantitative estimate of drug-likeness (QED) is 0.128. The van der Waals surface area contributed by atoms with Crippen molar-refractivity contribution in [2.45, 2.75) is 72.1 Å². The van der Waals surface area contributed by atoms with Crippen molar-refractivity contribution < 1.29 is 18.7 Å². The molecule has 36 heavy (non-hydrogen) atoms. The van der Waals surface area contributed by atoms with Crippen molar-refractivity contribution in [3.63, 3.8) is 0 Å². The minimum atomic E-state index is -0.575. The summed E-state index contributed by atoms with van der Waals surface area (Å²) in [5.74, 6) is 0.205. The fourth-order valence-electron chi connectivity index (χ4n) is 4.07. The molecule has 0 spiro atoms. The molecule has 1 unspecified atom stereocenters. The predicted molar refractivity (Wildman–Crippen MR) is 145 cm³/mol. The maximum atomic E-state index is 14.5. The molecule has 0 N–H and O–H groups in total. The van der Waals surface area contributed by atoms with Crippen LogP contribution >= 0.6 is 0 Å². The smallest absolute Gasteiger partial charge is 0.343 e. The topological polar surface area (TPSA) is 35.5 Å². The lowest BCUT2D eigenvalue weighted by Crippen LogP contribution is -2.09. The Bertz CT molecular complexity index is 1070. The van der Waals surface area contributed by atoms with E-state index in [1.54, 1.807) is 12.1 Å². The molecule has 0 heterocycles. The molecule has 3 nitrogen and oxygen atoms in total. The van der Waals surface area contributed by atoms with E-state index in [0.717, 1.165) is 48.3 Å². The standard InChI is InChI=1S/C32H39FO3/c1-4-6-7-8-9-10-21-35-29-18-16-27(17-19-29)26-12-14-28(15-13-26)32(34)36-31-20-11-25(23-30(31)33)22-24(3)5-2/h11-20,23-24H,4-10,21-22H2,1-3H3. The molecular formula is C32H39FO3. The Hall–Kier alpha value is -3.14. The second-order valence-electron chi connectivity index (χ2n) is 9.59. The molecule has 0 aliphatic carbocycles. The minimum absolute atomic E-state index is 0.0477. The normalized spacial score (nSPS) is 11.8. The molecule has 4 heteroatoms. The fraction of sp³-hybridized carbons (Fsp3) is 0.406. The van der Waals surface area contributed by atoms with Gasteiger partial charge in [0.2, 0.25) is 0 Å². The van der Waals surface area contributed by atoms with Crippen LogP contribution in [0.25, 0.3) is 11.1 Å². The lowest BCUT2D eigenvalue weighted by Gasteiger charge is -2.11. The van der Waals surface area contributed by atoms with E-state index in [1.165, 1.54) is 44.2 Å². The van der Waals surface area contributed by atoms with E-state index in [0.29, 0.717) is 11.5 Å². The van der Waals surface area contributed by atoms with Crippen molar-refractivity contribution in [3.8, 4) is 22.6 Å². The number of halogens is 1. The highest BCUT2D eigenvalue weighted by Gasteiger charge is 2.13. The maximum Gasteiger partial charge on any atom is 0.343 e. The average molecular weight is 491 g/mol. The van der Waals surface area contributed by atoms with Gasteiger partial charge in [0.05, 0.1) is 12.2 Å². The van der Waals surface area contributed by atoms with Gasteiger partial charge in [-0.05, 0) is 71.8 Å². The zero-order chi connectivity index (χ0) is 25.8. The molecule has 3 rings (SSSR count). The Labute approximate surface area is 215 Å². The molecule has 0 radical (unpaired) electrons. The van der Waals surface area contributed by atoms with Crippen LogP contribution in [0.3, 0.4) is 0 Å². The lowest BCUT2D eigenvalue weighted by atomic mass is 9.99. The number of esters is 1. The van der Waals surface area contributed by atoms with Gasteiger partial charge in [-0.25, -0.2) is 9.18 Å². The summed E-state index contributed by atoms with van der Waals surface area (Å²) < 4.78 is 25.7. The summed E-state index contributed by atoms with van der Waals surface area (Å²) in [6.45, 7) is 7.22. The van der Waals surface area contributed by atoms with E-state index >= 15 is 0 Å².